The minimum Gasteiger partial charge on any atom is -0.480 e. The van der Waals surface area contributed by atoms with E-state index in [-0.39, 0.29) is 0 Å². The molecule has 0 saturated carbocycles. The van der Waals surface area contributed by atoms with Gasteiger partial charge in [-0.3, -0.25) is 0 Å². The highest BCUT2D eigenvalue weighted by atomic mass is 32.2. The van der Waals surface area contributed by atoms with Crippen LogP contribution >= 0.6 is 11.8 Å². The molecule has 0 fully saturated rings. The molecule has 1 atom stereocenters. The SMILES string of the molecule is COCCCNC(=O)NC(CCSC)C(=O)O. The van der Waals surface area contributed by atoms with E-state index in [0.29, 0.717) is 31.7 Å². The summed E-state index contributed by atoms with van der Waals surface area (Å²) in [5, 5.41) is 13.9. The summed E-state index contributed by atoms with van der Waals surface area (Å²) >= 11 is 1.55. The van der Waals surface area contributed by atoms with Gasteiger partial charge in [0.15, 0.2) is 0 Å². The molecule has 1 unspecified atom stereocenters. The summed E-state index contributed by atoms with van der Waals surface area (Å²) in [6, 6.07) is -1.28. The third kappa shape index (κ3) is 8.82. The summed E-state index contributed by atoms with van der Waals surface area (Å²) in [4.78, 5) is 22.2. The van der Waals surface area contributed by atoms with Gasteiger partial charge in [-0.15, -0.1) is 0 Å². The van der Waals surface area contributed by atoms with E-state index in [2.05, 4.69) is 10.6 Å². The van der Waals surface area contributed by atoms with Gasteiger partial charge in [0.05, 0.1) is 0 Å². The van der Waals surface area contributed by atoms with Crippen LogP contribution < -0.4 is 10.6 Å². The summed E-state index contributed by atoms with van der Waals surface area (Å²) in [5.74, 6) is -0.313. The number of hydrogen-bond acceptors (Lipinski definition) is 4. The Kier molecular flexibility index (Phi) is 9.65. The number of carbonyl (C=O) groups excluding carboxylic acids is 1. The van der Waals surface area contributed by atoms with Gasteiger partial charge in [-0.1, -0.05) is 0 Å². The van der Waals surface area contributed by atoms with E-state index >= 15 is 0 Å². The molecule has 0 radical (unpaired) electrons. The van der Waals surface area contributed by atoms with Crippen molar-refractivity contribution >= 4 is 23.8 Å². The van der Waals surface area contributed by atoms with Crippen LogP contribution in [0.25, 0.3) is 0 Å². The molecule has 0 aromatic rings. The predicted octanol–water partition coefficient (Wildman–Crippen LogP) is 0.528. The number of thioether (sulfide) groups is 1. The van der Waals surface area contributed by atoms with E-state index in [9.17, 15) is 9.59 Å². The van der Waals surface area contributed by atoms with Gasteiger partial charge in [-0.05, 0) is 24.9 Å². The lowest BCUT2D eigenvalue weighted by Crippen LogP contribution is -2.46. The van der Waals surface area contributed by atoms with Crippen LogP contribution in [-0.2, 0) is 9.53 Å². The lowest BCUT2D eigenvalue weighted by Gasteiger charge is -2.14. The van der Waals surface area contributed by atoms with Crippen molar-refractivity contribution in [3.05, 3.63) is 0 Å². The van der Waals surface area contributed by atoms with Crippen LogP contribution in [0.15, 0.2) is 0 Å². The lowest BCUT2D eigenvalue weighted by atomic mass is 10.2. The second-order valence-corrected chi connectivity index (χ2v) is 4.40. The van der Waals surface area contributed by atoms with Gasteiger partial charge in [-0.2, -0.15) is 11.8 Å². The monoisotopic (exact) mass is 264 g/mol. The van der Waals surface area contributed by atoms with Crippen molar-refractivity contribution in [2.75, 3.05) is 32.3 Å². The zero-order valence-corrected chi connectivity index (χ0v) is 11.0. The lowest BCUT2D eigenvalue weighted by molar-refractivity contribution is -0.139. The number of carboxylic acid groups (broad SMARTS) is 1. The zero-order chi connectivity index (χ0) is 13.1. The van der Waals surface area contributed by atoms with Crippen LogP contribution in [0.4, 0.5) is 4.79 Å². The van der Waals surface area contributed by atoms with Crippen LogP contribution in [-0.4, -0.2) is 55.4 Å². The first-order valence-electron chi connectivity index (χ1n) is 5.36. The molecule has 17 heavy (non-hydrogen) atoms. The molecule has 0 aromatic heterocycles. The Morgan fingerprint density at radius 2 is 2.18 bits per heavy atom. The van der Waals surface area contributed by atoms with E-state index in [1.165, 1.54) is 0 Å². The van der Waals surface area contributed by atoms with Gasteiger partial charge in [-0.25, -0.2) is 9.59 Å². The molecule has 0 saturated heterocycles. The second kappa shape index (κ2) is 10.2. The average Bonchev–Trinajstić information content (AvgIpc) is 2.29. The quantitative estimate of drug-likeness (QED) is 0.529. The molecule has 0 aliphatic carbocycles. The molecule has 6 nitrogen and oxygen atoms in total. The topological polar surface area (TPSA) is 87.7 Å². The van der Waals surface area contributed by atoms with Crippen molar-refractivity contribution in [3.63, 3.8) is 0 Å². The molecule has 7 heteroatoms. The Labute approximate surface area is 105 Å². The third-order valence-electron chi connectivity index (χ3n) is 2.02. The molecule has 0 spiro atoms. The maximum Gasteiger partial charge on any atom is 0.326 e. The number of nitrogens with one attached hydrogen (secondary N) is 2. The molecule has 3 N–H and O–H groups in total. The number of rotatable bonds is 9. The Morgan fingerprint density at radius 1 is 1.47 bits per heavy atom. The number of methoxy groups -OCH3 is 1. The van der Waals surface area contributed by atoms with Crippen molar-refractivity contribution in [2.24, 2.45) is 0 Å². The minimum atomic E-state index is -1.01. The normalized spacial score (nSPS) is 11.9. The van der Waals surface area contributed by atoms with Crippen LogP contribution in [0.5, 0.6) is 0 Å². The van der Waals surface area contributed by atoms with Gasteiger partial charge in [0, 0.05) is 20.3 Å². The molecule has 0 heterocycles. The van der Waals surface area contributed by atoms with Crippen LogP contribution in [0.3, 0.4) is 0 Å². The number of carboxylic acids is 1. The molecule has 0 aromatic carbocycles. The number of hydrogen-bond donors (Lipinski definition) is 3. The van der Waals surface area contributed by atoms with Gasteiger partial charge in [0.25, 0.3) is 0 Å². The third-order valence-corrected chi connectivity index (χ3v) is 2.67. The Hall–Kier alpha value is -0.950. The molecular formula is C10H20N2O4S. The Balaban J connectivity index is 3.83. The fourth-order valence-corrected chi connectivity index (χ4v) is 1.59. The maximum absolute atomic E-state index is 11.4. The fourth-order valence-electron chi connectivity index (χ4n) is 1.12. The van der Waals surface area contributed by atoms with Gasteiger partial charge >= 0.3 is 12.0 Å². The Morgan fingerprint density at radius 3 is 2.71 bits per heavy atom. The highest BCUT2D eigenvalue weighted by Crippen LogP contribution is 2.00. The molecule has 100 valence electrons. The number of carbonyl (C=O) groups is 2. The number of amides is 2. The summed E-state index contributed by atoms with van der Waals surface area (Å²) in [7, 11) is 1.59. The highest BCUT2D eigenvalue weighted by Gasteiger charge is 2.18. The standard InChI is InChI=1S/C10H20N2O4S/c1-16-6-3-5-11-10(15)12-8(9(13)14)4-7-17-2/h8H,3-7H2,1-2H3,(H,13,14)(H2,11,12,15). The van der Waals surface area contributed by atoms with Crippen LogP contribution in [0, 0.1) is 0 Å². The first kappa shape index (κ1) is 16.1. The van der Waals surface area contributed by atoms with E-state index < -0.39 is 18.0 Å². The van der Waals surface area contributed by atoms with Crippen molar-refractivity contribution in [2.45, 2.75) is 18.9 Å². The zero-order valence-electron chi connectivity index (χ0n) is 10.2. The molecule has 0 rings (SSSR count). The van der Waals surface area contributed by atoms with Gasteiger partial charge < -0.3 is 20.5 Å². The van der Waals surface area contributed by atoms with Crippen molar-refractivity contribution in [1.82, 2.24) is 10.6 Å². The van der Waals surface area contributed by atoms with E-state index in [0.717, 1.165) is 0 Å². The molecule has 0 aliphatic heterocycles. The maximum atomic E-state index is 11.4. The molecule has 2 amide bonds. The first-order valence-corrected chi connectivity index (χ1v) is 6.76. The number of urea groups is 1. The molecule has 0 bridgehead atoms. The molecular weight excluding hydrogens is 244 g/mol. The summed E-state index contributed by atoms with van der Waals surface area (Å²) < 4.78 is 4.83. The minimum absolute atomic E-state index is 0.419. The summed E-state index contributed by atoms with van der Waals surface area (Å²) in [5.41, 5.74) is 0. The van der Waals surface area contributed by atoms with Gasteiger partial charge in [0.1, 0.15) is 6.04 Å². The summed E-state index contributed by atoms with van der Waals surface area (Å²) in [6.07, 6.45) is 3.01. The number of ether oxygens (including phenoxy) is 1. The van der Waals surface area contributed by atoms with Crippen LogP contribution in [0.1, 0.15) is 12.8 Å². The van der Waals surface area contributed by atoms with Crippen molar-refractivity contribution in [3.8, 4) is 0 Å². The smallest absolute Gasteiger partial charge is 0.326 e. The van der Waals surface area contributed by atoms with E-state index in [1.54, 1.807) is 18.9 Å². The number of aliphatic carboxylic acids is 1. The largest absolute Gasteiger partial charge is 0.480 e. The summed E-state index contributed by atoms with van der Waals surface area (Å²) in [6.45, 7) is 1.03. The Bertz CT molecular complexity index is 238. The van der Waals surface area contributed by atoms with E-state index in [1.807, 2.05) is 6.26 Å². The fraction of sp³-hybridized carbons (Fsp3) is 0.800. The van der Waals surface area contributed by atoms with E-state index in [4.69, 9.17) is 9.84 Å². The molecule has 0 aliphatic rings. The van der Waals surface area contributed by atoms with Crippen molar-refractivity contribution < 1.29 is 19.4 Å². The second-order valence-electron chi connectivity index (χ2n) is 3.42. The van der Waals surface area contributed by atoms with Gasteiger partial charge in [0.2, 0.25) is 0 Å². The van der Waals surface area contributed by atoms with Crippen molar-refractivity contribution in [1.29, 1.82) is 0 Å². The predicted molar refractivity (Wildman–Crippen MR) is 67.5 cm³/mol. The average molecular weight is 264 g/mol. The van der Waals surface area contributed by atoms with Crippen LogP contribution in [0.2, 0.25) is 0 Å². The highest BCUT2D eigenvalue weighted by molar-refractivity contribution is 7.98. The first-order chi connectivity index (χ1) is 8.11.